The lowest BCUT2D eigenvalue weighted by Gasteiger charge is -2.32. The van der Waals surface area contributed by atoms with Crippen molar-refractivity contribution >= 4 is 90.6 Å². The zero-order chi connectivity index (χ0) is 99.7. The Labute approximate surface area is 783 Å². The second-order valence-corrected chi connectivity index (χ2v) is 38.7. The number of benzene rings is 3. The summed E-state index contributed by atoms with van der Waals surface area (Å²) in [4.78, 5) is 152. The average molecular weight is 1920 g/mol. The lowest BCUT2D eigenvalue weighted by molar-refractivity contribution is -0.172. The van der Waals surface area contributed by atoms with E-state index in [1.54, 1.807) is 103 Å². The molecule has 7 atom stereocenters. The van der Waals surface area contributed by atoms with Crippen LogP contribution in [0.2, 0.25) is 0 Å². The van der Waals surface area contributed by atoms with Gasteiger partial charge in [-0.15, -0.1) is 0 Å². The summed E-state index contributed by atoms with van der Waals surface area (Å²) in [6.07, 6.45) is 3.75. The van der Waals surface area contributed by atoms with Gasteiger partial charge in [0.25, 0.3) is 26.8 Å². The number of fused-ring (bicyclic) bond motifs is 15. The Bertz CT molecular complexity index is 6840. The number of carboxylic acid groups (broad SMARTS) is 1. The molecule has 12 N–H and O–H groups in total. The molecular formula is C96H110F3N11O26S. The Hall–Kier alpha value is -12.3. The molecule has 6 aliphatic heterocycles. The predicted octanol–water partition coefficient (Wildman–Crippen LogP) is 8.22. The van der Waals surface area contributed by atoms with Crippen LogP contribution in [0, 0.1) is 31.3 Å². The number of aromatic nitrogens is 6. The van der Waals surface area contributed by atoms with Gasteiger partial charge < -0.3 is 99.4 Å². The van der Waals surface area contributed by atoms with Crippen LogP contribution >= 0.6 is 0 Å². The third-order valence-electron chi connectivity index (χ3n) is 25.7. The number of aliphatic hydroxyl groups is 3. The molecule has 137 heavy (non-hydrogen) atoms. The first kappa shape index (κ1) is 101. The van der Waals surface area contributed by atoms with E-state index >= 15 is 4.39 Å². The number of nitrogens with zero attached hydrogens (tertiary/aromatic N) is 6. The van der Waals surface area contributed by atoms with Gasteiger partial charge in [0, 0.05) is 99.9 Å². The van der Waals surface area contributed by atoms with E-state index in [1.165, 1.54) is 28.8 Å². The number of aliphatic carboxylic acids is 1. The van der Waals surface area contributed by atoms with Crippen molar-refractivity contribution in [2.24, 2.45) is 11.5 Å². The van der Waals surface area contributed by atoms with Gasteiger partial charge in [0.05, 0.1) is 119 Å². The van der Waals surface area contributed by atoms with Crippen molar-refractivity contribution in [1.82, 2.24) is 44.6 Å². The van der Waals surface area contributed by atoms with Gasteiger partial charge in [0.2, 0.25) is 11.8 Å². The highest BCUT2D eigenvalue weighted by molar-refractivity contribution is 7.85. The zero-order valence-electron chi connectivity index (χ0n) is 78.0. The van der Waals surface area contributed by atoms with Crippen molar-refractivity contribution < 1.29 is 123 Å². The number of hydrogen-bond acceptors (Lipinski definition) is 29. The molecule has 0 saturated carbocycles. The largest absolute Gasteiger partial charge is 0.480 e. The van der Waals surface area contributed by atoms with Crippen LogP contribution in [-0.2, 0) is 151 Å². The highest BCUT2D eigenvalue weighted by Gasteiger charge is 2.50. The third kappa shape index (κ3) is 19.7. The first-order valence-electron chi connectivity index (χ1n) is 45.0. The van der Waals surface area contributed by atoms with Crippen molar-refractivity contribution in [3.8, 4) is 34.2 Å². The number of rotatable bonds is 20. The van der Waals surface area contributed by atoms with Gasteiger partial charge in [-0.1, -0.05) is 27.7 Å². The van der Waals surface area contributed by atoms with Gasteiger partial charge in [-0.25, -0.2) is 52.1 Å². The van der Waals surface area contributed by atoms with Crippen LogP contribution in [0.1, 0.15) is 239 Å². The lowest BCUT2D eigenvalue weighted by Crippen LogP contribution is -2.44. The molecular weight excluding hydrogens is 1810 g/mol. The van der Waals surface area contributed by atoms with E-state index in [-0.39, 0.29) is 191 Å². The fourth-order valence-corrected chi connectivity index (χ4v) is 19.3. The van der Waals surface area contributed by atoms with E-state index in [0.717, 1.165) is 66.2 Å². The molecule has 37 nitrogen and oxygen atoms in total. The first-order chi connectivity index (χ1) is 64.5. The zero-order valence-corrected chi connectivity index (χ0v) is 78.8. The Morgan fingerprint density at radius 3 is 1.39 bits per heavy atom. The second kappa shape index (κ2) is 38.9. The molecule has 12 heterocycles. The maximum atomic E-state index is 15.1. The number of pyridine rings is 6. The van der Waals surface area contributed by atoms with Crippen LogP contribution in [-0.4, -0.2) is 180 Å². The molecule has 1 unspecified atom stereocenters. The predicted molar refractivity (Wildman–Crippen MR) is 487 cm³/mol. The minimum atomic E-state index is -3.67. The number of carbonyl (C=O) groups excluding carboxylic acids is 7. The Kier molecular flexibility index (Phi) is 28.6. The molecule has 0 radical (unpaired) electrons. The molecule has 3 aliphatic carbocycles. The summed E-state index contributed by atoms with van der Waals surface area (Å²) >= 11 is 0. The van der Waals surface area contributed by atoms with Crippen molar-refractivity contribution in [2.75, 3.05) is 59.0 Å². The summed E-state index contributed by atoms with van der Waals surface area (Å²) < 4.78 is 116. The van der Waals surface area contributed by atoms with Gasteiger partial charge in [-0.05, 0) is 188 Å². The molecule has 0 bridgehead atoms. The number of esters is 4. The number of nitrogens with two attached hydrogens (primary N) is 2. The number of carboxylic acids is 1. The van der Waals surface area contributed by atoms with Gasteiger partial charge in [0.1, 0.15) is 68.3 Å². The van der Waals surface area contributed by atoms with Gasteiger partial charge in [-0.3, -0.25) is 33.3 Å². The fraction of sp³-hybridized carbons (Fsp3) is 0.479. The number of amides is 3. The molecule has 732 valence electrons. The lowest BCUT2D eigenvalue weighted by atomic mass is 9.78. The number of alkyl carbamates (subject to hydrolysis) is 1. The van der Waals surface area contributed by atoms with E-state index in [0.29, 0.717) is 113 Å². The quantitative estimate of drug-likeness (QED) is 0.0149. The number of halogens is 3. The molecule has 6 aromatic heterocycles. The molecule has 9 aliphatic rings. The summed E-state index contributed by atoms with van der Waals surface area (Å²) in [5, 5.41) is 52.6. The number of aryl methyl sites for hydroxylation is 2. The highest BCUT2D eigenvalue weighted by Crippen LogP contribution is 2.52. The van der Waals surface area contributed by atoms with Crippen molar-refractivity contribution in [3.05, 3.63) is 186 Å². The van der Waals surface area contributed by atoms with E-state index in [9.17, 15) is 85.3 Å². The second-order valence-electron chi connectivity index (χ2n) is 37.2. The third-order valence-corrected chi connectivity index (χ3v) is 25.7. The fourth-order valence-electron chi connectivity index (χ4n) is 19.3. The molecule has 41 heteroatoms. The average Bonchev–Trinajstić information content (AvgIpc) is 1.59. The normalized spacial score (nSPS) is 20.1. The van der Waals surface area contributed by atoms with Crippen molar-refractivity contribution in [3.63, 3.8) is 0 Å². The molecule has 9 aromatic rings. The molecule has 3 aromatic carbocycles. The SMILES string of the molecule is CC(C)(C)OC(=O)NCCOCC(=O)O.CC[C@@]1(O)C(=O)OCc2c1cc1n(c2=O)Cc2c-1nc1cc(F)c(C)c3c1c2[C@@H](N)CC3.CC[C@@]1(O)C(=O)OCc2c1cc1n(c2=O)Cc2c-1nc1cc(F)c(C)c3c1c2[C@@H](NC(=O)COCCCC(=O)OC(C)(C)C)CC3.CC[C@@]1(O)C(=O)OCc2c1cc1n(c2=O)Cc2c-1nc1cc(F)cc3c1c2[C@@H](NC(=O)COCCN)CC3C.CS(=O)(=O)O. The monoisotopic (exact) mass is 1920 g/mol. The molecule has 0 fully saturated rings. The minimum absolute atomic E-state index is 0.00993. The van der Waals surface area contributed by atoms with E-state index in [2.05, 4.69) is 16.0 Å². The van der Waals surface area contributed by atoms with Gasteiger partial charge >= 0.3 is 35.9 Å². The van der Waals surface area contributed by atoms with Gasteiger partial charge in [0.15, 0.2) is 16.8 Å². The molecule has 0 spiro atoms. The van der Waals surface area contributed by atoms with E-state index in [4.69, 9.17) is 74.0 Å². The number of cyclic esters (lactones) is 3. The Balaban J connectivity index is 0.000000151. The van der Waals surface area contributed by atoms with Crippen LogP contribution in [0.4, 0.5) is 18.0 Å². The molecule has 18 rings (SSSR count). The summed E-state index contributed by atoms with van der Waals surface area (Å²) in [6, 6.07) is 9.41. The smallest absolute Gasteiger partial charge is 0.407 e. The van der Waals surface area contributed by atoms with E-state index < -0.39 is 97.4 Å². The van der Waals surface area contributed by atoms with Crippen molar-refractivity contribution in [2.45, 2.75) is 239 Å². The summed E-state index contributed by atoms with van der Waals surface area (Å²) in [6.45, 7) is 21.4. The summed E-state index contributed by atoms with van der Waals surface area (Å²) in [5.41, 5.74) is 17.8. The van der Waals surface area contributed by atoms with Crippen molar-refractivity contribution in [1.29, 1.82) is 0 Å². The topological polar surface area (TPSA) is 538 Å². The van der Waals surface area contributed by atoms with Crippen LogP contribution < -0.4 is 44.1 Å². The molecule has 0 saturated heterocycles. The summed E-state index contributed by atoms with van der Waals surface area (Å²) in [7, 11) is -3.67. The maximum absolute atomic E-state index is 15.1. The van der Waals surface area contributed by atoms with Gasteiger partial charge in [-0.2, -0.15) is 8.42 Å². The highest BCUT2D eigenvalue weighted by atomic mass is 32.2. The standard InChI is InChI=1S/C34H38FN3O8.C28H29FN4O6.C24H22FN3O4.C9H17NO5.CH4O3S/c1-6-34(43)21-12-25-30-19(14-38(25)31(41)20(21)15-45-32(34)42)29-23(10-9-18-17(2)22(35)13-24(37-30)28(18)29)36-26(39)16-44-11-7-8-27(40)46-33(3,4)5;1-3-28(37)18-9-21-25-16(10-33(21)26(35)17(18)11-39-27(28)36)24-19(31-22(34)12-38-5-4-30)6-13(2)15-7-14(29)8-20(32-25)23(15)24;1-3-24(31)14-6-18-21-12(8-28(18)22(29)13(14)9-32-23(24)30)19-16(26)5-4-11-10(2)15(25)7-17(27-21)20(11)19;1-9(2,3)15-8(13)10-4-5-14-6-7(11)12;1-5(2,3)4/h12-13,23,43H,6-11,14-16H2,1-5H3,(H,36,39);7-9,13,19,37H,3-6,10-12,30H2,1-2H3,(H,31,34);6-7,16,31H,3-5,8-9,26H2,1-2H3;4-6H2,1-3H3,(H,10,13)(H,11,12);1H3,(H,2,3,4)/t23-,34-;13?,19-,28-;16-,24-;;/m000../s1. The molecule has 3 amide bonds. The number of nitrogens with one attached hydrogen (secondary N) is 3. The number of carbonyl (C=O) groups is 8. The van der Waals surface area contributed by atoms with Crippen LogP contribution in [0.5, 0.6) is 0 Å². The minimum Gasteiger partial charge on any atom is -0.480 e. The maximum Gasteiger partial charge on any atom is 0.407 e. The summed E-state index contributed by atoms with van der Waals surface area (Å²) in [5.74, 6) is -5.61. The first-order valence-corrected chi connectivity index (χ1v) is 46.9. The number of hydrogen-bond donors (Lipinski definition) is 10. The van der Waals surface area contributed by atoms with E-state index in [1.807, 2.05) is 6.92 Å². The Morgan fingerprint density at radius 2 is 0.956 bits per heavy atom. The Morgan fingerprint density at radius 1 is 0.555 bits per heavy atom. The number of ether oxygens (including phenoxy) is 8. The van der Waals surface area contributed by atoms with Crippen LogP contribution in [0.3, 0.4) is 0 Å². The van der Waals surface area contributed by atoms with Crippen LogP contribution in [0.15, 0.2) is 56.8 Å². The van der Waals surface area contributed by atoms with Crippen LogP contribution in [0.25, 0.3) is 66.9 Å².